The lowest BCUT2D eigenvalue weighted by Crippen LogP contribution is -2.18. The predicted octanol–water partition coefficient (Wildman–Crippen LogP) is 2.30. The van der Waals surface area contributed by atoms with Crippen LogP contribution >= 0.6 is 0 Å². The fraction of sp³-hybridized carbons (Fsp3) is 0.462. The Bertz CT molecular complexity index is 434. The van der Waals surface area contributed by atoms with E-state index in [0.29, 0.717) is 24.3 Å². The molecule has 100 valence electrons. The second kappa shape index (κ2) is 6.35. The molecule has 0 radical (unpaired) electrons. The highest BCUT2D eigenvalue weighted by Gasteiger charge is 2.18. The molecule has 5 heteroatoms. The first-order valence-electron chi connectivity index (χ1n) is 5.71. The maximum Gasteiger partial charge on any atom is 0.341 e. The quantitative estimate of drug-likeness (QED) is 0.647. The summed E-state index contributed by atoms with van der Waals surface area (Å²) in [7, 11) is 1.56. The van der Waals surface area contributed by atoms with Crippen molar-refractivity contribution in [2.24, 2.45) is 0 Å². The molecular formula is C13H18FNO3. The van der Waals surface area contributed by atoms with Crippen molar-refractivity contribution in [2.45, 2.75) is 26.4 Å². The molecule has 0 saturated carbocycles. The molecule has 0 amide bonds. The van der Waals surface area contributed by atoms with E-state index in [1.165, 1.54) is 12.1 Å². The zero-order valence-electron chi connectivity index (χ0n) is 10.8. The van der Waals surface area contributed by atoms with Gasteiger partial charge in [-0.1, -0.05) is 0 Å². The van der Waals surface area contributed by atoms with Crippen LogP contribution in [0.15, 0.2) is 12.1 Å². The number of ether oxygens (including phenoxy) is 2. The van der Waals surface area contributed by atoms with Crippen LogP contribution in [0.3, 0.4) is 0 Å². The molecule has 0 saturated heterocycles. The number of methoxy groups -OCH3 is 1. The summed E-state index contributed by atoms with van der Waals surface area (Å²) < 4.78 is 23.7. The third-order valence-electron chi connectivity index (χ3n) is 2.53. The smallest absolute Gasteiger partial charge is 0.341 e. The number of nitrogens with two attached hydrogens (primary N) is 1. The predicted molar refractivity (Wildman–Crippen MR) is 66.9 cm³/mol. The van der Waals surface area contributed by atoms with Crippen molar-refractivity contribution in [3.63, 3.8) is 0 Å². The molecule has 1 rings (SSSR count). The third-order valence-corrected chi connectivity index (χ3v) is 2.53. The van der Waals surface area contributed by atoms with Crippen molar-refractivity contribution in [1.29, 1.82) is 0 Å². The van der Waals surface area contributed by atoms with E-state index in [-0.39, 0.29) is 11.7 Å². The number of benzene rings is 1. The molecular weight excluding hydrogens is 237 g/mol. The molecule has 2 N–H and O–H groups in total. The van der Waals surface area contributed by atoms with Crippen LogP contribution in [0.5, 0.6) is 0 Å². The highest BCUT2D eigenvalue weighted by atomic mass is 19.1. The maximum absolute atomic E-state index is 13.8. The lowest BCUT2D eigenvalue weighted by atomic mass is 10.1. The second-order valence-corrected chi connectivity index (χ2v) is 4.20. The van der Waals surface area contributed by atoms with E-state index in [1.54, 1.807) is 21.0 Å². The van der Waals surface area contributed by atoms with Crippen LogP contribution in [0, 0.1) is 12.7 Å². The Labute approximate surface area is 106 Å². The van der Waals surface area contributed by atoms with Gasteiger partial charge in [-0.25, -0.2) is 9.18 Å². The number of carbonyl (C=O) groups is 1. The Balaban J connectivity index is 2.78. The summed E-state index contributed by atoms with van der Waals surface area (Å²) in [6.07, 6.45) is 0.226. The van der Waals surface area contributed by atoms with Crippen molar-refractivity contribution < 1.29 is 18.7 Å². The van der Waals surface area contributed by atoms with Gasteiger partial charge >= 0.3 is 5.97 Å². The monoisotopic (exact) mass is 255 g/mol. The lowest BCUT2D eigenvalue weighted by molar-refractivity contribution is 0.0261. The summed E-state index contributed by atoms with van der Waals surface area (Å²) in [6, 6.07) is 2.76. The van der Waals surface area contributed by atoms with Crippen LogP contribution in [-0.2, 0) is 9.47 Å². The molecule has 4 nitrogen and oxygen atoms in total. The maximum atomic E-state index is 13.8. The van der Waals surface area contributed by atoms with Gasteiger partial charge in [-0.3, -0.25) is 0 Å². The molecule has 0 aliphatic carbocycles. The molecule has 1 unspecified atom stereocenters. The van der Waals surface area contributed by atoms with Crippen LogP contribution in [0.1, 0.15) is 29.3 Å². The highest BCUT2D eigenvalue weighted by molar-refractivity contribution is 5.91. The highest BCUT2D eigenvalue weighted by Crippen LogP contribution is 2.18. The van der Waals surface area contributed by atoms with E-state index in [2.05, 4.69) is 0 Å². The van der Waals surface area contributed by atoms with E-state index >= 15 is 0 Å². The van der Waals surface area contributed by atoms with Gasteiger partial charge in [0.15, 0.2) is 0 Å². The SMILES string of the molecule is COCCC(C)OC(=O)c1cc(N)cc(C)c1F. The topological polar surface area (TPSA) is 61.5 Å². The van der Waals surface area contributed by atoms with Gasteiger partial charge in [0.05, 0.1) is 5.56 Å². The molecule has 0 spiro atoms. The third kappa shape index (κ3) is 3.70. The lowest BCUT2D eigenvalue weighted by Gasteiger charge is -2.14. The first-order chi connectivity index (χ1) is 8.45. The Morgan fingerprint density at radius 2 is 2.17 bits per heavy atom. The van der Waals surface area contributed by atoms with Gasteiger partial charge in [-0.05, 0) is 31.5 Å². The Morgan fingerprint density at radius 3 is 2.78 bits per heavy atom. The molecule has 0 aromatic heterocycles. The summed E-state index contributed by atoms with van der Waals surface area (Å²) in [6.45, 7) is 3.76. The number of aryl methyl sites for hydroxylation is 1. The minimum atomic E-state index is -0.702. The molecule has 1 atom stereocenters. The first kappa shape index (κ1) is 14.4. The average Bonchev–Trinajstić information content (AvgIpc) is 2.30. The molecule has 1 aromatic rings. The molecule has 0 aliphatic rings. The fourth-order valence-corrected chi connectivity index (χ4v) is 1.53. The number of halogens is 1. The molecule has 0 fully saturated rings. The standard InChI is InChI=1S/C13H18FNO3/c1-8-6-10(15)7-11(12(8)14)13(16)18-9(2)4-5-17-3/h6-7,9H,4-5,15H2,1-3H3. The van der Waals surface area contributed by atoms with E-state index in [9.17, 15) is 9.18 Å². The number of rotatable bonds is 5. The van der Waals surface area contributed by atoms with Gasteiger partial charge in [0.25, 0.3) is 0 Å². The van der Waals surface area contributed by atoms with Crippen molar-refractivity contribution >= 4 is 11.7 Å². The molecule has 1 aromatic carbocycles. The first-order valence-corrected chi connectivity index (χ1v) is 5.71. The summed E-state index contributed by atoms with van der Waals surface area (Å²) >= 11 is 0. The van der Waals surface area contributed by atoms with Crippen molar-refractivity contribution in [3.8, 4) is 0 Å². The van der Waals surface area contributed by atoms with Crippen LogP contribution < -0.4 is 5.73 Å². The van der Waals surface area contributed by atoms with Gasteiger partial charge in [-0.2, -0.15) is 0 Å². The molecule has 0 aliphatic heterocycles. The van der Waals surface area contributed by atoms with Crippen LogP contribution in [0.4, 0.5) is 10.1 Å². The second-order valence-electron chi connectivity index (χ2n) is 4.20. The largest absolute Gasteiger partial charge is 0.459 e. The van der Waals surface area contributed by atoms with Gasteiger partial charge in [0.1, 0.15) is 11.9 Å². The van der Waals surface area contributed by atoms with Crippen molar-refractivity contribution in [1.82, 2.24) is 0 Å². The van der Waals surface area contributed by atoms with Gasteiger partial charge < -0.3 is 15.2 Å². The number of carbonyl (C=O) groups excluding carboxylic acids is 1. The number of nitrogen functional groups attached to an aromatic ring is 1. The number of hydrogen-bond acceptors (Lipinski definition) is 4. The van der Waals surface area contributed by atoms with Gasteiger partial charge in [-0.15, -0.1) is 0 Å². The summed E-state index contributed by atoms with van der Waals surface area (Å²) in [4.78, 5) is 11.8. The fourth-order valence-electron chi connectivity index (χ4n) is 1.53. The number of anilines is 1. The molecule has 0 heterocycles. The zero-order valence-corrected chi connectivity index (χ0v) is 10.8. The minimum Gasteiger partial charge on any atom is -0.459 e. The minimum absolute atomic E-state index is 0.128. The van der Waals surface area contributed by atoms with E-state index < -0.39 is 11.8 Å². The van der Waals surface area contributed by atoms with Gasteiger partial charge in [0, 0.05) is 25.8 Å². The van der Waals surface area contributed by atoms with E-state index in [4.69, 9.17) is 15.2 Å². The van der Waals surface area contributed by atoms with Gasteiger partial charge in [0.2, 0.25) is 0 Å². The zero-order chi connectivity index (χ0) is 13.7. The molecule has 18 heavy (non-hydrogen) atoms. The molecule has 0 bridgehead atoms. The Morgan fingerprint density at radius 1 is 1.50 bits per heavy atom. The van der Waals surface area contributed by atoms with Crippen molar-refractivity contribution in [3.05, 3.63) is 29.1 Å². The summed E-state index contributed by atoms with van der Waals surface area (Å²) in [5, 5.41) is 0. The van der Waals surface area contributed by atoms with Crippen LogP contribution in [-0.4, -0.2) is 25.8 Å². The normalized spacial score (nSPS) is 12.2. The summed E-state index contributed by atoms with van der Waals surface area (Å²) in [5.74, 6) is -1.29. The Hall–Kier alpha value is -1.62. The van der Waals surface area contributed by atoms with Crippen LogP contribution in [0.25, 0.3) is 0 Å². The van der Waals surface area contributed by atoms with Crippen molar-refractivity contribution in [2.75, 3.05) is 19.5 Å². The average molecular weight is 255 g/mol. The van der Waals surface area contributed by atoms with E-state index in [1.807, 2.05) is 0 Å². The summed E-state index contributed by atoms with van der Waals surface area (Å²) in [5.41, 5.74) is 6.12. The van der Waals surface area contributed by atoms with Crippen LogP contribution in [0.2, 0.25) is 0 Å². The van der Waals surface area contributed by atoms with E-state index in [0.717, 1.165) is 0 Å². The number of esters is 1. The number of hydrogen-bond donors (Lipinski definition) is 1. The Kier molecular flexibility index (Phi) is 5.09.